The van der Waals surface area contributed by atoms with E-state index in [0.717, 1.165) is 10.6 Å². The molecule has 0 spiro atoms. The average Bonchev–Trinajstić information content (AvgIpc) is 3.57. The number of rotatable bonds is 8. The first-order valence-corrected chi connectivity index (χ1v) is 14.8. The number of benzene rings is 1. The van der Waals surface area contributed by atoms with Gasteiger partial charge in [-0.1, -0.05) is 51.3 Å². The van der Waals surface area contributed by atoms with Crippen LogP contribution in [0.2, 0.25) is 0 Å². The van der Waals surface area contributed by atoms with Crippen molar-refractivity contribution < 1.29 is 18.0 Å². The minimum atomic E-state index is -4.61. The molecule has 1 amide bonds. The lowest BCUT2D eigenvalue weighted by Gasteiger charge is -2.23. The molecule has 1 atom stereocenters. The van der Waals surface area contributed by atoms with Gasteiger partial charge in [0.15, 0.2) is 0 Å². The molecule has 4 rings (SSSR count). The van der Waals surface area contributed by atoms with Crippen LogP contribution in [0, 0.1) is 6.92 Å². The number of carbonyl (C=O) groups excluding carboxylic acids is 1. The first-order chi connectivity index (χ1) is 19.3. The highest BCUT2D eigenvalue weighted by molar-refractivity contribution is 8.15. The van der Waals surface area contributed by atoms with Crippen LogP contribution in [0.4, 0.5) is 13.2 Å². The van der Waals surface area contributed by atoms with Crippen LogP contribution in [-0.4, -0.2) is 41.8 Å². The van der Waals surface area contributed by atoms with Crippen LogP contribution in [0.1, 0.15) is 73.4 Å². The fraction of sp³-hybridized carbons (Fsp3) is 0.367. The second kappa shape index (κ2) is 12.0. The Bertz CT molecular complexity index is 1550. The molecule has 0 radical (unpaired) electrons. The lowest BCUT2D eigenvalue weighted by Crippen LogP contribution is -2.24. The molecule has 0 bridgehead atoms. The first-order valence-electron chi connectivity index (χ1n) is 13.3. The molecule has 1 unspecified atom stereocenters. The Morgan fingerprint density at radius 3 is 2.46 bits per heavy atom. The molecule has 0 aliphatic carbocycles. The molecule has 3 aromatic heterocycles. The lowest BCUT2D eigenvalue weighted by atomic mass is 9.94. The molecule has 2 N–H and O–H groups in total. The van der Waals surface area contributed by atoms with Crippen molar-refractivity contribution in [1.82, 2.24) is 30.0 Å². The summed E-state index contributed by atoms with van der Waals surface area (Å²) in [7, 11) is 0.0382. The number of hydrogen-bond donors (Lipinski definition) is 2. The molecule has 3 heterocycles. The molecule has 11 heteroatoms. The zero-order chi connectivity index (χ0) is 29.9. The highest BCUT2D eigenvalue weighted by atomic mass is 32.2. The number of carbonyl (C=O) groups is 1. The monoisotopic (exact) mass is 584 g/mol. The van der Waals surface area contributed by atoms with E-state index in [4.69, 9.17) is 0 Å². The van der Waals surface area contributed by atoms with Crippen LogP contribution >= 0.6 is 10.5 Å². The van der Waals surface area contributed by atoms with Crippen molar-refractivity contribution in [3.05, 3.63) is 82.8 Å². The van der Waals surface area contributed by atoms with Crippen molar-refractivity contribution in [3.8, 4) is 11.3 Å². The average molecular weight is 585 g/mol. The standard InChI is InChI=1S/C30H35F3N6OS/c1-7-41(8-2)22-13-12-21(34-17-22)16-35-27(40)26-19(3)39(28(37-26)29(4,5)6)18-20-10-9-11-23(24-14-15-36-38-24)25(20)30(31,32)33/h7,9-15,17H,8,16,18H2,1-6H3,(H,35,40)(H,36,38). The smallest absolute Gasteiger partial charge is 0.345 e. The molecule has 0 aliphatic heterocycles. The van der Waals surface area contributed by atoms with Gasteiger partial charge in [0, 0.05) is 40.5 Å². The van der Waals surface area contributed by atoms with Crippen LogP contribution in [-0.2, 0) is 24.7 Å². The Labute approximate surface area is 240 Å². The SMILES string of the molecule is C/C=S(/CC)c1ccc(CNC(=O)c2nc(C(C)(C)C)n(Cc3cccc(-c4ccn[nH]4)c3C(F)(F)F)c2C)nc1. The van der Waals surface area contributed by atoms with E-state index in [-0.39, 0.29) is 46.1 Å². The predicted octanol–water partition coefficient (Wildman–Crippen LogP) is 6.74. The Kier molecular flexibility index (Phi) is 8.86. The predicted molar refractivity (Wildman–Crippen MR) is 157 cm³/mol. The van der Waals surface area contributed by atoms with Crippen LogP contribution < -0.4 is 5.32 Å². The topological polar surface area (TPSA) is 88.5 Å². The number of imidazole rings is 1. The van der Waals surface area contributed by atoms with E-state index in [1.807, 2.05) is 46.0 Å². The van der Waals surface area contributed by atoms with E-state index in [2.05, 4.69) is 37.8 Å². The number of halogens is 3. The fourth-order valence-electron chi connectivity index (χ4n) is 4.78. The summed E-state index contributed by atoms with van der Waals surface area (Å²) in [6, 6.07) is 9.91. The van der Waals surface area contributed by atoms with Crippen molar-refractivity contribution in [1.29, 1.82) is 0 Å². The van der Waals surface area contributed by atoms with Crippen molar-refractivity contribution in [3.63, 3.8) is 0 Å². The largest absolute Gasteiger partial charge is 0.417 e. The molecular formula is C30H35F3N6OS. The molecule has 218 valence electrons. The number of H-pyrrole nitrogens is 1. The lowest BCUT2D eigenvalue weighted by molar-refractivity contribution is -0.137. The summed E-state index contributed by atoms with van der Waals surface area (Å²) in [4.78, 5) is 23.6. The van der Waals surface area contributed by atoms with Crippen LogP contribution in [0.25, 0.3) is 11.3 Å². The number of hydrogen-bond acceptors (Lipinski definition) is 4. The fourth-order valence-corrected chi connectivity index (χ4v) is 6.15. The number of nitrogens with one attached hydrogen (secondary N) is 2. The van der Waals surface area contributed by atoms with Gasteiger partial charge in [-0.2, -0.15) is 28.8 Å². The third-order valence-corrected chi connectivity index (χ3v) is 8.82. The molecule has 4 aromatic rings. The number of aromatic nitrogens is 5. The number of alkyl halides is 3. The third kappa shape index (κ3) is 6.61. The zero-order valence-electron chi connectivity index (χ0n) is 24.1. The highest BCUT2D eigenvalue weighted by Crippen LogP contribution is 2.40. The van der Waals surface area contributed by atoms with Gasteiger partial charge in [0.05, 0.1) is 23.5 Å². The molecule has 0 saturated heterocycles. The van der Waals surface area contributed by atoms with Gasteiger partial charge in [0.1, 0.15) is 11.5 Å². The van der Waals surface area contributed by atoms with Gasteiger partial charge in [-0.15, -0.1) is 0 Å². The van der Waals surface area contributed by atoms with Crippen molar-refractivity contribution in [2.45, 2.75) is 71.1 Å². The van der Waals surface area contributed by atoms with E-state index in [1.54, 1.807) is 17.6 Å². The maximum atomic E-state index is 14.4. The second-order valence-corrected chi connectivity index (χ2v) is 13.0. The first kappa shape index (κ1) is 30.2. The van der Waals surface area contributed by atoms with E-state index >= 15 is 0 Å². The molecule has 0 saturated carbocycles. The van der Waals surface area contributed by atoms with E-state index in [9.17, 15) is 18.0 Å². The number of nitrogens with zero attached hydrogens (tertiary/aromatic N) is 4. The summed E-state index contributed by atoms with van der Waals surface area (Å²) in [5.41, 5.74) is 0.453. The van der Waals surface area contributed by atoms with Gasteiger partial charge in [0.2, 0.25) is 0 Å². The molecule has 1 aromatic carbocycles. The maximum absolute atomic E-state index is 14.4. The Morgan fingerprint density at radius 2 is 1.90 bits per heavy atom. The zero-order valence-corrected chi connectivity index (χ0v) is 24.9. The van der Waals surface area contributed by atoms with Crippen molar-refractivity contribution in [2.75, 3.05) is 5.75 Å². The minimum absolute atomic E-state index is 0.0154. The van der Waals surface area contributed by atoms with E-state index < -0.39 is 23.1 Å². The molecule has 41 heavy (non-hydrogen) atoms. The summed E-state index contributed by atoms with van der Waals surface area (Å²) in [5, 5.41) is 11.5. The second-order valence-electron chi connectivity index (χ2n) is 10.6. The number of pyridine rings is 1. The van der Waals surface area contributed by atoms with Crippen molar-refractivity contribution in [2.24, 2.45) is 0 Å². The van der Waals surface area contributed by atoms with Gasteiger partial charge in [-0.25, -0.2) is 4.98 Å². The summed E-state index contributed by atoms with van der Waals surface area (Å²) in [6.07, 6.45) is -1.36. The number of amides is 1. The van der Waals surface area contributed by atoms with E-state index in [0.29, 0.717) is 17.2 Å². The van der Waals surface area contributed by atoms with Gasteiger partial charge < -0.3 is 9.88 Å². The molecule has 7 nitrogen and oxygen atoms in total. The molecule has 0 aliphatic rings. The summed E-state index contributed by atoms with van der Waals surface area (Å²) >= 11 is 0. The number of aromatic amines is 1. The summed E-state index contributed by atoms with van der Waals surface area (Å²) in [5.74, 6) is 1.12. The van der Waals surface area contributed by atoms with Gasteiger partial charge in [0.25, 0.3) is 5.91 Å². The van der Waals surface area contributed by atoms with Gasteiger partial charge in [-0.05, 0) is 43.4 Å². The maximum Gasteiger partial charge on any atom is 0.417 e. The van der Waals surface area contributed by atoms with Crippen LogP contribution in [0.5, 0.6) is 0 Å². The van der Waals surface area contributed by atoms with Crippen molar-refractivity contribution >= 4 is 21.8 Å². The van der Waals surface area contributed by atoms with Crippen LogP contribution in [0.15, 0.2) is 53.7 Å². The normalized spacial score (nSPS) is 13.0. The third-order valence-electron chi connectivity index (χ3n) is 6.79. The molecule has 0 fully saturated rings. The van der Waals surface area contributed by atoms with E-state index in [1.165, 1.54) is 24.4 Å². The van der Waals surface area contributed by atoms with Gasteiger partial charge >= 0.3 is 6.18 Å². The molecular weight excluding hydrogens is 549 g/mol. The highest BCUT2D eigenvalue weighted by Gasteiger charge is 2.37. The van der Waals surface area contributed by atoms with Gasteiger partial charge in [-0.3, -0.25) is 14.9 Å². The Hall–Kier alpha value is -3.73. The Morgan fingerprint density at radius 1 is 1.15 bits per heavy atom. The Balaban J connectivity index is 1.66. The minimum Gasteiger partial charge on any atom is -0.345 e. The summed E-state index contributed by atoms with van der Waals surface area (Å²) in [6.45, 7) is 11.7. The summed E-state index contributed by atoms with van der Waals surface area (Å²) < 4.78 is 44.9. The van der Waals surface area contributed by atoms with Crippen LogP contribution in [0.3, 0.4) is 0 Å². The quantitative estimate of drug-likeness (QED) is 0.225.